The average molecular weight is 283 g/mol. The van der Waals surface area contributed by atoms with Crippen molar-refractivity contribution < 1.29 is 4.79 Å². The Labute approximate surface area is 104 Å². The Morgan fingerprint density at radius 1 is 1.38 bits per heavy atom. The van der Waals surface area contributed by atoms with Crippen LogP contribution >= 0.6 is 15.9 Å². The molecule has 2 amide bonds. The van der Waals surface area contributed by atoms with E-state index in [-0.39, 0.29) is 12.1 Å². The molecule has 3 nitrogen and oxygen atoms in total. The van der Waals surface area contributed by atoms with E-state index >= 15 is 0 Å². The van der Waals surface area contributed by atoms with Crippen molar-refractivity contribution in [2.45, 2.75) is 33.0 Å². The van der Waals surface area contributed by atoms with Crippen LogP contribution in [0.5, 0.6) is 0 Å². The Morgan fingerprint density at radius 3 is 2.75 bits per heavy atom. The molecule has 0 saturated heterocycles. The number of halogens is 1. The fourth-order valence-electron chi connectivity index (χ4n) is 1.84. The molecule has 1 aromatic rings. The highest BCUT2D eigenvalue weighted by Gasteiger charge is 2.23. The van der Waals surface area contributed by atoms with Crippen LogP contribution in [-0.4, -0.2) is 17.0 Å². The van der Waals surface area contributed by atoms with Gasteiger partial charge in [0.15, 0.2) is 0 Å². The van der Waals surface area contributed by atoms with E-state index in [2.05, 4.69) is 33.4 Å². The first-order valence-corrected chi connectivity index (χ1v) is 6.18. The van der Waals surface area contributed by atoms with Crippen molar-refractivity contribution in [2.24, 2.45) is 0 Å². The number of nitrogens with zero attached hydrogens (tertiary/aromatic N) is 1. The molecule has 1 N–H and O–H groups in total. The molecule has 0 bridgehead atoms. The van der Waals surface area contributed by atoms with Gasteiger partial charge in [-0.05, 0) is 37.1 Å². The Hall–Kier alpha value is -1.03. The van der Waals surface area contributed by atoms with E-state index in [1.54, 1.807) is 0 Å². The molecule has 0 fully saturated rings. The Bertz CT molecular complexity index is 417. The summed E-state index contributed by atoms with van der Waals surface area (Å²) in [4.78, 5) is 13.6. The number of carbonyl (C=O) groups is 1. The van der Waals surface area contributed by atoms with Gasteiger partial charge in [-0.1, -0.05) is 22.0 Å². The van der Waals surface area contributed by atoms with E-state index in [0.29, 0.717) is 13.1 Å². The van der Waals surface area contributed by atoms with Gasteiger partial charge in [0, 0.05) is 23.6 Å². The van der Waals surface area contributed by atoms with Crippen LogP contribution in [0.4, 0.5) is 4.79 Å². The van der Waals surface area contributed by atoms with E-state index in [1.807, 2.05) is 24.8 Å². The minimum absolute atomic E-state index is 0.0160. The topological polar surface area (TPSA) is 32.3 Å². The van der Waals surface area contributed by atoms with Gasteiger partial charge in [0.1, 0.15) is 0 Å². The SMILES string of the molecule is CC(C)NC(=O)N1Cc2ccc(Br)cc2C1. The summed E-state index contributed by atoms with van der Waals surface area (Å²) in [6.45, 7) is 5.35. The maximum Gasteiger partial charge on any atom is 0.318 e. The van der Waals surface area contributed by atoms with E-state index in [9.17, 15) is 4.79 Å². The second kappa shape index (κ2) is 4.45. The van der Waals surface area contributed by atoms with Crippen LogP contribution in [0.15, 0.2) is 22.7 Å². The third kappa shape index (κ3) is 2.38. The van der Waals surface area contributed by atoms with E-state index in [0.717, 1.165) is 4.47 Å². The summed E-state index contributed by atoms with van der Waals surface area (Å²) in [7, 11) is 0. The molecule has 1 aromatic carbocycles. The van der Waals surface area contributed by atoms with Crippen LogP contribution in [0.25, 0.3) is 0 Å². The van der Waals surface area contributed by atoms with Gasteiger partial charge in [-0.25, -0.2) is 4.79 Å². The first-order valence-electron chi connectivity index (χ1n) is 5.39. The van der Waals surface area contributed by atoms with Crippen molar-refractivity contribution in [3.8, 4) is 0 Å². The van der Waals surface area contributed by atoms with Crippen molar-refractivity contribution in [1.82, 2.24) is 10.2 Å². The third-order valence-corrected chi connectivity index (χ3v) is 3.08. The zero-order valence-corrected chi connectivity index (χ0v) is 11.0. The molecule has 0 unspecified atom stereocenters. The van der Waals surface area contributed by atoms with Crippen molar-refractivity contribution >= 4 is 22.0 Å². The normalized spacial score (nSPS) is 14.1. The molecular formula is C12H15BrN2O. The quantitative estimate of drug-likeness (QED) is 0.844. The summed E-state index contributed by atoms with van der Waals surface area (Å²) >= 11 is 3.44. The predicted octanol–water partition coefficient (Wildman–Crippen LogP) is 2.88. The summed E-state index contributed by atoms with van der Waals surface area (Å²) < 4.78 is 1.07. The van der Waals surface area contributed by atoms with Crippen LogP contribution < -0.4 is 5.32 Å². The molecule has 1 aliphatic rings. The Balaban J connectivity index is 2.08. The van der Waals surface area contributed by atoms with Crippen LogP contribution in [0, 0.1) is 0 Å². The van der Waals surface area contributed by atoms with Crippen LogP contribution in [0.3, 0.4) is 0 Å². The van der Waals surface area contributed by atoms with E-state index < -0.39 is 0 Å². The summed E-state index contributed by atoms with van der Waals surface area (Å²) in [5.41, 5.74) is 2.47. The highest BCUT2D eigenvalue weighted by atomic mass is 79.9. The number of hydrogen-bond acceptors (Lipinski definition) is 1. The fraction of sp³-hybridized carbons (Fsp3) is 0.417. The monoisotopic (exact) mass is 282 g/mol. The van der Waals surface area contributed by atoms with Crippen molar-refractivity contribution in [2.75, 3.05) is 0 Å². The highest BCUT2D eigenvalue weighted by molar-refractivity contribution is 9.10. The lowest BCUT2D eigenvalue weighted by Crippen LogP contribution is -2.40. The average Bonchev–Trinajstić information content (AvgIpc) is 2.59. The first-order chi connectivity index (χ1) is 7.56. The molecular weight excluding hydrogens is 268 g/mol. The van der Waals surface area contributed by atoms with Gasteiger partial charge in [-0.3, -0.25) is 0 Å². The Kier molecular flexibility index (Phi) is 3.19. The van der Waals surface area contributed by atoms with Gasteiger partial charge in [0.25, 0.3) is 0 Å². The molecule has 86 valence electrons. The van der Waals surface area contributed by atoms with Gasteiger partial charge in [-0.2, -0.15) is 0 Å². The summed E-state index contributed by atoms with van der Waals surface area (Å²) in [5, 5.41) is 2.91. The minimum Gasteiger partial charge on any atom is -0.336 e. The maximum absolute atomic E-state index is 11.8. The predicted molar refractivity (Wildman–Crippen MR) is 67.1 cm³/mol. The molecule has 0 saturated carbocycles. The van der Waals surface area contributed by atoms with Crippen LogP contribution in [-0.2, 0) is 13.1 Å². The number of nitrogens with one attached hydrogen (secondary N) is 1. The number of benzene rings is 1. The molecule has 1 aliphatic heterocycles. The number of urea groups is 1. The van der Waals surface area contributed by atoms with Crippen LogP contribution in [0.1, 0.15) is 25.0 Å². The van der Waals surface area contributed by atoms with Gasteiger partial charge in [-0.15, -0.1) is 0 Å². The van der Waals surface area contributed by atoms with Crippen LogP contribution in [0.2, 0.25) is 0 Å². The van der Waals surface area contributed by atoms with Gasteiger partial charge in [0.2, 0.25) is 0 Å². The lowest BCUT2D eigenvalue weighted by molar-refractivity contribution is 0.196. The summed E-state index contributed by atoms with van der Waals surface area (Å²) in [6.07, 6.45) is 0. The van der Waals surface area contributed by atoms with Crippen molar-refractivity contribution in [1.29, 1.82) is 0 Å². The molecule has 0 aliphatic carbocycles. The zero-order valence-electron chi connectivity index (χ0n) is 9.46. The first kappa shape index (κ1) is 11.5. The lowest BCUT2D eigenvalue weighted by Gasteiger charge is -2.18. The largest absolute Gasteiger partial charge is 0.336 e. The minimum atomic E-state index is 0.0160. The third-order valence-electron chi connectivity index (χ3n) is 2.59. The molecule has 0 radical (unpaired) electrons. The van der Waals surface area contributed by atoms with Crippen molar-refractivity contribution in [3.05, 3.63) is 33.8 Å². The number of hydrogen-bond donors (Lipinski definition) is 1. The fourth-order valence-corrected chi connectivity index (χ4v) is 2.25. The van der Waals surface area contributed by atoms with E-state index in [1.165, 1.54) is 11.1 Å². The maximum atomic E-state index is 11.8. The summed E-state index contributed by atoms with van der Waals surface area (Å²) in [6, 6.07) is 6.37. The van der Waals surface area contributed by atoms with Crippen molar-refractivity contribution in [3.63, 3.8) is 0 Å². The lowest BCUT2D eigenvalue weighted by atomic mass is 10.1. The molecule has 2 rings (SSSR count). The molecule has 0 aromatic heterocycles. The molecule has 1 heterocycles. The second-order valence-corrected chi connectivity index (χ2v) is 5.29. The summed E-state index contributed by atoms with van der Waals surface area (Å²) in [5.74, 6) is 0. The number of fused-ring (bicyclic) bond motifs is 1. The van der Waals surface area contributed by atoms with Gasteiger partial charge in [0.05, 0.1) is 0 Å². The van der Waals surface area contributed by atoms with Gasteiger partial charge >= 0.3 is 6.03 Å². The number of amides is 2. The zero-order chi connectivity index (χ0) is 11.7. The molecule has 0 atom stereocenters. The smallest absolute Gasteiger partial charge is 0.318 e. The second-order valence-electron chi connectivity index (χ2n) is 4.37. The molecule has 0 spiro atoms. The molecule has 4 heteroatoms. The number of carbonyl (C=O) groups excluding carboxylic acids is 1. The number of rotatable bonds is 1. The van der Waals surface area contributed by atoms with Gasteiger partial charge < -0.3 is 10.2 Å². The Morgan fingerprint density at radius 2 is 2.06 bits per heavy atom. The highest BCUT2D eigenvalue weighted by Crippen LogP contribution is 2.25. The molecule has 16 heavy (non-hydrogen) atoms. The standard InChI is InChI=1S/C12H15BrN2O/c1-8(2)14-12(16)15-6-9-3-4-11(13)5-10(9)7-15/h3-5,8H,6-7H2,1-2H3,(H,14,16). The van der Waals surface area contributed by atoms with E-state index in [4.69, 9.17) is 0 Å².